The van der Waals surface area contributed by atoms with Crippen LogP contribution < -0.4 is 0 Å². The number of likely N-dealkylation sites (tertiary alicyclic amines) is 1. The van der Waals surface area contributed by atoms with Crippen LogP contribution in [0.5, 0.6) is 0 Å². The number of nitrogens with zero attached hydrogens (tertiary/aromatic N) is 1. The standard InChI is InChI=1S/C17H33NO/c1-3-17(4-2)10-12-18(13-11-17)14-16(19)15-8-6-5-7-9-15/h15-16,19H,3-14H2,1-2H3. The quantitative estimate of drug-likeness (QED) is 0.818. The second-order valence-electron chi connectivity index (χ2n) is 6.97. The van der Waals surface area contributed by atoms with E-state index >= 15 is 0 Å². The molecular formula is C17H33NO. The molecule has 2 aliphatic rings. The van der Waals surface area contributed by atoms with Gasteiger partial charge in [-0.2, -0.15) is 0 Å². The van der Waals surface area contributed by atoms with E-state index in [1.807, 2.05) is 0 Å². The average Bonchev–Trinajstić information content (AvgIpc) is 2.49. The summed E-state index contributed by atoms with van der Waals surface area (Å²) < 4.78 is 0. The molecule has 1 saturated heterocycles. The Morgan fingerprint density at radius 2 is 1.63 bits per heavy atom. The summed E-state index contributed by atoms with van der Waals surface area (Å²) in [7, 11) is 0. The van der Waals surface area contributed by atoms with Gasteiger partial charge in [0.15, 0.2) is 0 Å². The number of rotatable bonds is 5. The Morgan fingerprint density at radius 1 is 1.05 bits per heavy atom. The molecule has 2 nitrogen and oxygen atoms in total. The lowest BCUT2D eigenvalue weighted by molar-refractivity contribution is 0.0196. The third-order valence-electron chi connectivity index (χ3n) is 6.06. The van der Waals surface area contributed by atoms with Crippen LogP contribution in [0.4, 0.5) is 0 Å². The highest BCUT2D eigenvalue weighted by atomic mass is 16.3. The SMILES string of the molecule is CCC1(CC)CCN(CC(O)C2CCCCC2)CC1. The summed E-state index contributed by atoms with van der Waals surface area (Å²) in [5.41, 5.74) is 0.603. The van der Waals surface area contributed by atoms with Gasteiger partial charge in [0.2, 0.25) is 0 Å². The van der Waals surface area contributed by atoms with Gasteiger partial charge in [-0.15, -0.1) is 0 Å². The van der Waals surface area contributed by atoms with Crippen molar-refractivity contribution >= 4 is 0 Å². The summed E-state index contributed by atoms with van der Waals surface area (Å²) in [6.07, 6.45) is 11.8. The van der Waals surface area contributed by atoms with Crippen molar-refractivity contribution in [3.8, 4) is 0 Å². The first kappa shape index (κ1) is 15.3. The monoisotopic (exact) mass is 267 g/mol. The molecular weight excluding hydrogens is 234 g/mol. The normalized spacial score (nSPS) is 27.3. The van der Waals surface area contributed by atoms with E-state index < -0.39 is 0 Å². The zero-order valence-electron chi connectivity index (χ0n) is 13.0. The maximum atomic E-state index is 10.4. The largest absolute Gasteiger partial charge is 0.392 e. The van der Waals surface area contributed by atoms with Gasteiger partial charge in [0.25, 0.3) is 0 Å². The van der Waals surface area contributed by atoms with Crippen LogP contribution >= 0.6 is 0 Å². The molecule has 1 heterocycles. The molecule has 0 aromatic rings. The molecule has 0 spiro atoms. The molecule has 0 amide bonds. The van der Waals surface area contributed by atoms with E-state index in [1.54, 1.807) is 0 Å². The van der Waals surface area contributed by atoms with Crippen LogP contribution in [-0.4, -0.2) is 35.7 Å². The van der Waals surface area contributed by atoms with Crippen LogP contribution in [0.2, 0.25) is 0 Å². The molecule has 0 aromatic heterocycles. The Balaban J connectivity index is 1.75. The fraction of sp³-hybridized carbons (Fsp3) is 1.00. The molecule has 0 radical (unpaired) electrons. The van der Waals surface area contributed by atoms with E-state index in [0.29, 0.717) is 11.3 Å². The first-order valence-electron chi connectivity index (χ1n) is 8.59. The third kappa shape index (κ3) is 3.95. The van der Waals surface area contributed by atoms with Gasteiger partial charge < -0.3 is 10.0 Å². The van der Waals surface area contributed by atoms with Gasteiger partial charge in [-0.1, -0.05) is 46.0 Å². The van der Waals surface area contributed by atoms with Crippen molar-refractivity contribution in [1.82, 2.24) is 4.90 Å². The molecule has 2 fully saturated rings. The lowest BCUT2D eigenvalue weighted by Gasteiger charge is -2.42. The summed E-state index contributed by atoms with van der Waals surface area (Å²) >= 11 is 0. The predicted molar refractivity (Wildman–Crippen MR) is 81.3 cm³/mol. The highest BCUT2D eigenvalue weighted by Crippen LogP contribution is 2.38. The van der Waals surface area contributed by atoms with Gasteiger partial charge >= 0.3 is 0 Å². The van der Waals surface area contributed by atoms with Crippen molar-refractivity contribution in [2.24, 2.45) is 11.3 Å². The van der Waals surface area contributed by atoms with E-state index in [0.717, 1.165) is 6.54 Å². The van der Waals surface area contributed by atoms with Crippen molar-refractivity contribution in [2.45, 2.75) is 77.7 Å². The molecule has 1 unspecified atom stereocenters. The second kappa shape index (κ2) is 7.08. The molecule has 1 aliphatic heterocycles. The Bertz CT molecular complexity index is 246. The van der Waals surface area contributed by atoms with E-state index in [1.165, 1.54) is 70.9 Å². The Labute approximate surface area is 119 Å². The molecule has 1 atom stereocenters. The van der Waals surface area contributed by atoms with Gasteiger partial charge in [0.1, 0.15) is 0 Å². The van der Waals surface area contributed by atoms with Crippen LogP contribution in [0.25, 0.3) is 0 Å². The number of aliphatic hydroxyl groups excluding tert-OH is 1. The predicted octanol–water partition coefficient (Wildman–Crippen LogP) is 3.83. The first-order chi connectivity index (χ1) is 9.19. The molecule has 0 aromatic carbocycles. The Morgan fingerprint density at radius 3 is 2.16 bits per heavy atom. The fourth-order valence-corrected chi connectivity index (χ4v) is 4.10. The minimum absolute atomic E-state index is 0.0731. The highest BCUT2D eigenvalue weighted by Gasteiger charge is 2.32. The van der Waals surface area contributed by atoms with Crippen LogP contribution in [0, 0.1) is 11.3 Å². The number of piperidine rings is 1. The molecule has 0 bridgehead atoms. The zero-order chi connectivity index (χ0) is 13.7. The van der Waals surface area contributed by atoms with Gasteiger partial charge in [0.05, 0.1) is 6.10 Å². The lowest BCUT2D eigenvalue weighted by atomic mass is 9.74. The topological polar surface area (TPSA) is 23.5 Å². The minimum atomic E-state index is -0.0731. The van der Waals surface area contributed by atoms with E-state index in [-0.39, 0.29) is 6.10 Å². The van der Waals surface area contributed by atoms with Gasteiger partial charge in [0, 0.05) is 6.54 Å². The summed E-state index contributed by atoms with van der Waals surface area (Å²) in [4.78, 5) is 2.52. The summed E-state index contributed by atoms with van der Waals surface area (Å²) in [6, 6.07) is 0. The fourth-order valence-electron chi connectivity index (χ4n) is 4.10. The van der Waals surface area contributed by atoms with Crippen molar-refractivity contribution in [3.05, 3.63) is 0 Å². The second-order valence-corrected chi connectivity index (χ2v) is 6.97. The van der Waals surface area contributed by atoms with Crippen molar-refractivity contribution in [1.29, 1.82) is 0 Å². The van der Waals surface area contributed by atoms with Gasteiger partial charge in [-0.05, 0) is 50.1 Å². The minimum Gasteiger partial charge on any atom is -0.392 e. The number of β-amino-alcohol motifs (C(OH)–C–C–N with tert-alkyl or cyclic N) is 1. The van der Waals surface area contributed by atoms with E-state index in [4.69, 9.17) is 0 Å². The summed E-state index contributed by atoms with van der Waals surface area (Å²) in [5.74, 6) is 0.581. The molecule has 1 N–H and O–H groups in total. The molecule has 19 heavy (non-hydrogen) atoms. The van der Waals surface area contributed by atoms with E-state index in [9.17, 15) is 5.11 Å². The van der Waals surface area contributed by atoms with Crippen molar-refractivity contribution in [2.75, 3.05) is 19.6 Å². The molecule has 112 valence electrons. The molecule has 2 heteroatoms. The molecule has 2 rings (SSSR count). The maximum absolute atomic E-state index is 10.4. The summed E-state index contributed by atoms with van der Waals surface area (Å²) in [6.45, 7) is 8.01. The van der Waals surface area contributed by atoms with Crippen molar-refractivity contribution in [3.63, 3.8) is 0 Å². The van der Waals surface area contributed by atoms with Crippen LogP contribution in [0.1, 0.15) is 71.6 Å². The van der Waals surface area contributed by atoms with Crippen LogP contribution in [0.15, 0.2) is 0 Å². The Kier molecular flexibility index (Phi) is 5.70. The maximum Gasteiger partial charge on any atom is 0.0695 e. The highest BCUT2D eigenvalue weighted by molar-refractivity contribution is 4.85. The van der Waals surface area contributed by atoms with Crippen LogP contribution in [0.3, 0.4) is 0 Å². The van der Waals surface area contributed by atoms with Gasteiger partial charge in [-0.25, -0.2) is 0 Å². The molecule has 1 saturated carbocycles. The number of hydrogen-bond donors (Lipinski definition) is 1. The van der Waals surface area contributed by atoms with Crippen LogP contribution in [-0.2, 0) is 0 Å². The first-order valence-corrected chi connectivity index (χ1v) is 8.59. The number of hydrogen-bond acceptors (Lipinski definition) is 2. The number of aliphatic hydroxyl groups is 1. The lowest BCUT2D eigenvalue weighted by Crippen LogP contribution is -2.44. The zero-order valence-corrected chi connectivity index (χ0v) is 13.0. The smallest absolute Gasteiger partial charge is 0.0695 e. The van der Waals surface area contributed by atoms with Gasteiger partial charge in [-0.3, -0.25) is 0 Å². The molecule has 1 aliphatic carbocycles. The Hall–Kier alpha value is -0.0800. The van der Waals surface area contributed by atoms with E-state index in [2.05, 4.69) is 18.7 Å². The third-order valence-corrected chi connectivity index (χ3v) is 6.06. The summed E-state index contributed by atoms with van der Waals surface area (Å²) in [5, 5.41) is 10.4. The average molecular weight is 267 g/mol. The van der Waals surface area contributed by atoms with Crippen molar-refractivity contribution < 1.29 is 5.11 Å².